The van der Waals surface area contributed by atoms with Crippen LogP contribution >= 0.6 is 21.6 Å². The molecule has 0 saturated carbocycles. The number of pyridine rings is 1. The van der Waals surface area contributed by atoms with E-state index >= 15 is 0 Å². The van der Waals surface area contributed by atoms with E-state index in [1.165, 1.54) is 0 Å². The molecule has 192 valence electrons. The highest BCUT2D eigenvalue weighted by Crippen LogP contribution is 2.22. The maximum Gasteiger partial charge on any atom is 0.342 e. The zero-order chi connectivity index (χ0) is 25.8. The number of rotatable bonds is 13. The Bertz CT molecular complexity index is 820. The first-order chi connectivity index (χ1) is 15.8. The van der Waals surface area contributed by atoms with E-state index in [4.69, 9.17) is 9.47 Å². The van der Waals surface area contributed by atoms with E-state index in [2.05, 4.69) is 15.6 Å². The highest BCUT2D eigenvalue weighted by molar-refractivity contribution is 8.76. The monoisotopic (exact) mass is 513 g/mol. The minimum Gasteiger partial charge on any atom is -0.460 e. The van der Waals surface area contributed by atoms with E-state index in [-0.39, 0.29) is 11.9 Å². The normalized spacial score (nSPS) is 11.6. The fraction of sp³-hybridized carbons (Fsp3) is 0.667. The summed E-state index contributed by atoms with van der Waals surface area (Å²) in [6.07, 6.45) is 3.63. The van der Waals surface area contributed by atoms with E-state index < -0.39 is 17.2 Å². The number of hydrogen-bond donors (Lipinski definition) is 2. The Morgan fingerprint density at radius 1 is 0.971 bits per heavy atom. The molecule has 0 spiro atoms. The smallest absolute Gasteiger partial charge is 0.342 e. The van der Waals surface area contributed by atoms with Gasteiger partial charge in [-0.1, -0.05) is 21.6 Å². The van der Waals surface area contributed by atoms with Crippen molar-refractivity contribution in [2.75, 3.05) is 30.4 Å². The van der Waals surface area contributed by atoms with Gasteiger partial charge in [0.15, 0.2) is 0 Å². The molecule has 0 atom stereocenters. The number of aromatic nitrogens is 1. The second-order valence-electron chi connectivity index (χ2n) is 9.68. The summed E-state index contributed by atoms with van der Waals surface area (Å²) in [5.41, 5.74) is 0.108. The predicted octanol–water partition coefficient (Wildman–Crippen LogP) is 4.63. The van der Waals surface area contributed by atoms with Gasteiger partial charge in [0.1, 0.15) is 22.6 Å². The van der Waals surface area contributed by atoms with Crippen molar-refractivity contribution in [2.24, 2.45) is 0 Å². The largest absolute Gasteiger partial charge is 0.460 e. The minimum atomic E-state index is -0.605. The van der Waals surface area contributed by atoms with Gasteiger partial charge in [0.25, 0.3) is 0 Å². The molecule has 1 amide bonds. The molecule has 0 aliphatic rings. The Hall–Kier alpha value is -1.94. The van der Waals surface area contributed by atoms with Crippen LogP contribution in [0, 0.1) is 0 Å². The molecule has 34 heavy (non-hydrogen) atoms. The lowest BCUT2D eigenvalue weighted by Crippen LogP contribution is -2.26. The van der Waals surface area contributed by atoms with Crippen molar-refractivity contribution in [3.05, 3.63) is 23.4 Å². The Kier molecular flexibility index (Phi) is 12.8. The molecule has 0 fully saturated rings. The zero-order valence-corrected chi connectivity index (χ0v) is 23.0. The third-order valence-electron chi connectivity index (χ3n) is 4.06. The molecule has 0 unspecified atom stereocenters. The molecule has 10 heteroatoms. The van der Waals surface area contributed by atoms with Crippen molar-refractivity contribution < 1.29 is 23.9 Å². The molecular weight excluding hydrogens is 474 g/mol. The Labute approximate surface area is 211 Å². The number of hydrogen-bond acceptors (Lipinski definition) is 9. The number of aryl methyl sites for hydroxylation is 1. The summed E-state index contributed by atoms with van der Waals surface area (Å²) in [5, 5.41) is 5.81. The summed E-state index contributed by atoms with van der Waals surface area (Å²) >= 11 is 0. The average molecular weight is 514 g/mol. The maximum absolute atomic E-state index is 12.5. The van der Waals surface area contributed by atoms with Crippen molar-refractivity contribution >= 4 is 45.3 Å². The van der Waals surface area contributed by atoms with E-state index in [0.717, 1.165) is 23.5 Å². The van der Waals surface area contributed by atoms with Gasteiger partial charge < -0.3 is 20.1 Å². The number of nitrogens with zero attached hydrogens (tertiary/aromatic N) is 1. The van der Waals surface area contributed by atoms with Crippen LogP contribution in [0.15, 0.2) is 12.3 Å². The van der Waals surface area contributed by atoms with E-state index in [0.29, 0.717) is 37.2 Å². The van der Waals surface area contributed by atoms with Crippen molar-refractivity contribution in [3.63, 3.8) is 0 Å². The van der Waals surface area contributed by atoms with Crippen LogP contribution in [-0.2, 0) is 25.5 Å². The van der Waals surface area contributed by atoms with Crippen molar-refractivity contribution in [1.29, 1.82) is 0 Å². The number of esters is 2. The van der Waals surface area contributed by atoms with Crippen LogP contribution in [0.4, 0.5) is 5.82 Å². The summed E-state index contributed by atoms with van der Waals surface area (Å²) in [5.74, 6) is 1.42. The molecule has 0 bridgehead atoms. The standard InChI is InChI=1S/C24H39N3O5S2/c1-23(2,3)31-20(29)9-8-13-33-34-14-12-26-19(28)11-10-17-15-18(21(25-7)27-16-17)22(30)32-24(4,5)6/h15-16H,8-14H2,1-7H3,(H,25,27)(H,26,28). The summed E-state index contributed by atoms with van der Waals surface area (Å²) in [4.78, 5) is 40.6. The van der Waals surface area contributed by atoms with Crippen LogP contribution in [0.1, 0.15) is 76.7 Å². The van der Waals surface area contributed by atoms with E-state index in [1.54, 1.807) is 40.9 Å². The molecule has 1 rings (SSSR count). The van der Waals surface area contributed by atoms with Crippen LogP contribution in [0.2, 0.25) is 0 Å². The third kappa shape index (κ3) is 13.7. The number of carbonyl (C=O) groups excluding carboxylic acids is 3. The fourth-order valence-electron chi connectivity index (χ4n) is 2.70. The molecule has 0 aliphatic heterocycles. The number of anilines is 1. The lowest BCUT2D eigenvalue weighted by Gasteiger charge is -2.20. The van der Waals surface area contributed by atoms with Crippen LogP contribution in [0.5, 0.6) is 0 Å². The summed E-state index contributed by atoms with van der Waals surface area (Å²) in [6, 6.07) is 1.73. The average Bonchev–Trinajstić information content (AvgIpc) is 2.71. The van der Waals surface area contributed by atoms with Crippen molar-refractivity contribution in [3.8, 4) is 0 Å². The fourth-order valence-corrected chi connectivity index (χ4v) is 4.69. The molecule has 1 heterocycles. The molecule has 8 nitrogen and oxygen atoms in total. The lowest BCUT2D eigenvalue weighted by molar-refractivity contribution is -0.154. The number of carbonyl (C=O) groups is 3. The molecule has 1 aromatic heterocycles. The highest BCUT2D eigenvalue weighted by Gasteiger charge is 2.21. The SMILES string of the molecule is CNc1ncc(CCC(=O)NCCSSCCCC(=O)OC(C)(C)C)cc1C(=O)OC(C)(C)C. The first kappa shape index (κ1) is 30.1. The van der Waals surface area contributed by atoms with E-state index in [9.17, 15) is 14.4 Å². The van der Waals surface area contributed by atoms with Gasteiger partial charge >= 0.3 is 11.9 Å². The Morgan fingerprint density at radius 2 is 1.62 bits per heavy atom. The van der Waals surface area contributed by atoms with Gasteiger partial charge in [-0.15, -0.1) is 0 Å². The summed E-state index contributed by atoms with van der Waals surface area (Å²) in [7, 11) is 5.05. The molecule has 0 aromatic carbocycles. The van der Waals surface area contributed by atoms with Gasteiger partial charge in [-0.2, -0.15) is 0 Å². The first-order valence-corrected chi connectivity index (χ1v) is 13.9. The molecule has 1 aromatic rings. The second kappa shape index (κ2) is 14.5. The van der Waals surface area contributed by atoms with Crippen LogP contribution < -0.4 is 10.6 Å². The molecule has 0 aliphatic carbocycles. The van der Waals surface area contributed by atoms with Gasteiger partial charge in [-0.3, -0.25) is 9.59 Å². The number of ether oxygens (including phenoxy) is 2. The zero-order valence-electron chi connectivity index (χ0n) is 21.4. The number of amides is 1. The summed E-state index contributed by atoms with van der Waals surface area (Å²) < 4.78 is 10.7. The van der Waals surface area contributed by atoms with Crippen molar-refractivity contribution in [1.82, 2.24) is 10.3 Å². The predicted molar refractivity (Wildman–Crippen MR) is 140 cm³/mol. The highest BCUT2D eigenvalue weighted by atomic mass is 33.1. The maximum atomic E-state index is 12.5. The van der Waals surface area contributed by atoms with Gasteiger partial charge in [-0.25, -0.2) is 9.78 Å². The van der Waals surface area contributed by atoms with Crippen molar-refractivity contribution in [2.45, 2.75) is 78.4 Å². The number of nitrogens with one attached hydrogen (secondary N) is 2. The minimum absolute atomic E-state index is 0.0490. The molecule has 2 N–H and O–H groups in total. The third-order valence-corrected chi connectivity index (χ3v) is 6.55. The van der Waals surface area contributed by atoms with Crippen LogP contribution in [0.3, 0.4) is 0 Å². The lowest BCUT2D eigenvalue weighted by atomic mass is 10.1. The molecular formula is C24H39N3O5S2. The van der Waals surface area contributed by atoms with Gasteiger partial charge in [0.2, 0.25) is 5.91 Å². The van der Waals surface area contributed by atoms with E-state index in [1.807, 2.05) is 41.5 Å². The Balaban J connectivity index is 2.29. The van der Waals surface area contributed by atoms with Gasteiger partial charge in [0, 0.05) is 44.1 Å². The first-order valence-electron chi connectivity index (χ1n) is 11.4. The topological polar surface area (TPSA) is 107 Å². The van der Waals surface area contributed by atoms with Gasteiger partial charge in [-0.05, 0) is 66.0 Å². The Morgan fingerprint density at radius 3 is 2.24 bits per heavy atom. The van der Waals surface area contributed by atoms with Crippen LogP contribution in [-0.4, -0.2) is 59.1 Å². The molecule has 0 saturated heterocycles. The van der Waals surface area contributed by atoms with Gasteiger partial charge in [0.05, 0.1) is 0 Å². The quantitative estimate of drug-likeness (QED) is 0.222. The second-order valence-corrected chi connectivity index (χ2v) is 12.4. The summed E-state index contributed by atoms with van der Waals surface area (Å²) in [6.45, 7) is 11.6. The van der Waals surface area contributed by atoms with Crippen LogP contribution in [0.25, 0.3) is 0 Å². The molecule has 0 radical (unpaired) electrons.